The molecule has 764 valence electrons. The van der Waals surface area contributed by atoms with E-state index in [4.69, 9.17) is 43.3 Å². The van der Waals surface area contributed by atoms with Gasteiger partial charge < -0.3 is 94.0 Å². The van der Waals surface area contributed by atoms with Crippen LogP contribution in [0.1, 0.15) is 211 Å². The number of nitrogens with two attached hydrogens (primary N) is 1. The van der Waals surface area contributed by atoms with Crippen molar-refractivity contribution in [3.8, 4) is 0 Å². The normalized spacial score (nSPS) is 18.3. The Hall–Kier alpha value is -10.5. The van der Waals surface area contributed by atoms with Crippen LogP contribution in [0, 0.1) is 0 Å². The van der Waals surface area contributed by atoms with E-state index in [9.17, 15) is 57.8 Å². The highest BCUT2D eigenvalue weighted by Crippen LogP contribution is 2.45. The molecule has 4 aliphatic carbocycles. The molecule has 5 unspecified atom stereocenters. The SMILES string of the molecule is C.C.C.CC(C)(C)OCC1C(=O)NC2(CC2)C(=O)N1Cc1ccccc1.CC(C)(C)[Si](C)(C)OCC1C(=O)NC2(CC2)C(=O)N1Cc1ccccc1.COC(=O)C(COC(C)(C)C)N(Cc1ccccc1)C(=O)C1(NC(=O)OCc2ccccc2)CC1.COC(=O)C(COC(C)(C)C)NCc1ccccc1.COC(=O)[C@@H](N)COC(C)(C)C.Cl.O=C1NC2(CC2)C(=O)N(Cc2ccccc2)C1CO. The molecule has 31 nitrogen and oxygen atoms in total. The van der Waals surface area contributed by atoms with Gasteiger partial charge in [-0.05, 0) is 186 Å². The predicted molar refractivity (Wildman–Crippen MR) is 537 cm³/mol. The Kier molecular flexibility index (Phi) is 45.7. The molecular formula is C105H157ClN10O21Si. The lowest BCUT2D eigenvalue weighted by Gasteiger charge is -2.42. The van der Waals surface area contributed by atoms with Crippen LogP contribution in [0.5, 0.6) is 0 Å². The number of aliphatic hydroxyl groups is 1. The van der Waals surface area contributed by atoms with Gasteiger partial charge in [-0.3, -0.25) is 48.5 Å². The van der Waals surface area contributed by atoms with Gasteiger partial charge in [-0.2, -0.15) is 0 Å². The van der Waals surface area contributed by atoms with Gasteiger partial charge in [0.05, 0.1) is 83.4 Å². The zero-order valence-electron chi connectivity index (χ0n) is 82.3. The summed E-state index contributed by atoms with van der Waals surface area (Å²) < 4.78 is 48.5. The maximum Gasteiger partial charge on any atom is 0.408 e. The van der Waals surface area contributed by atoms with Crippen molar-refractivity contribution in [2.75, 3.05) is 61.0 Å². The van der Waals surface area contributed by atoms with Crippen molar-refractivity contribution in [2.45, 2.75) is 316 Å². The summed E-state index contributed by atoms with van der Waals surface area (Å²) in [6.07, 6.45) is 4.54. The van der Waals surface area contributed by atoms with Gasteiger partial charge in [0, 0.05) is 32.7 Å². The highest BCUT2D eigenvalue weighted by atomic mass is 35.5. The fraction of sp³-hybridized carbons (Fsp3) is 0.552. The number of ether oxygens (including phenoxy) is 8. The van der Waals surface area contributed by atoms with Crippen LogP contribution in [0.15, 0.2) is 182 Å². The first-order valence-electron chi connectivity index (χ1n) is 45.9. The summed E-state index contributed by atoms with van der Waals surface area (Å²) in [6.45, 7) is 36.5. The molecule has 3 heterocycles. The van der Waals surface area contributed by atoms with Crippen LogP contribution in [0.4, 0.5) is 4.79 Å². The molecule has 138 heavy (non-hydrogen) atoms. The Morgan fingerprint density at radius 2 is 0.783 bits per heavy atom. The summed E-state index contributed by atoms with van der Waals surface area (Å²) in [5, 5.41) is 23.9. The van der Waals surface area contributed by atoms with Crippen LogP contribution in [0.2, 0.25) is 18.1 Å². The fourth-order valence-electron chi connectivity index (χ4n) is 14.1. The third-order valence-electron chi connectivity index (χ3n) is 23.7. The molecule has 0 bridgehead atoms. The van der Waals surface area contributed by atoms with Gasteiger partial charge in [0.1, 0.15) is 59.0 Å². The van der Waals surface area contributed by atoms with Crippen LogP contribution < -0.4 is 32.3 Å². The number of esters is 3. The number of carbonyl (C=O) groups is 11. The second-order valence-corrected chi connectivity index (χ2v) is 45.1. The Bertz CT molecular complexity index is 4840. The molecule has 0 radical (unpaired) electrons. The minimum absolute atomic E-state index is 0. The molecule has 6 aromatic carbocycles. The van der Waals surface area contributed by atoms with Gasteiger partial charge in [0.15, 0.2) is 14.4 Å². The van der Waals surface area contributed by atoms with E-state index in [0.717, 1.165) is 59.1 Å². The van der Waals surface area contributed by atoms with E-state index < -0.39 is 90.4 Å². The average Bonchev–Trinajstić information content (AvgIpc) is 1.57. The molecule has 33 heteroatoms. The van der Waals surface area contributed by atoms with Crippen LogP contribution in [-0.4, -0.2) is 240 Å². The summed E-state index contributed by atoms with van der Waals surface area (Å²) >= 11 is 0. The Balaban J connectivity index is 0.000000353. The minimum atomic E-state index is -2.00. The number of carbonyl (C=O) groups excluding carboxylic acids is 11. The first-order chi connectivity index (χ1) is 62.9. The standard InChI is InChI=1S/C27H34N2O6.C20H30N2O3Si.C18H24N2O3.C15H23NO3.C14H16N2O3.C8H17NO3.3CH4.ClH/c1-26(2,3)35-19-22(23(30)33-4)29(17-20-11-7-5-8-12-20)24(31)27(15-16-27)28-25(32)34-18-21-13-9-6-10-14-21;1-19(2,3)26(4,5)25-14-16-17(23)21-20(11-12-20)18(24)22(16)13-15-9-7-6-8-10-15;1-17(2,3)23-12-14-15(21)19-18(9-10-18)16(22)20(14)11-13-7-5-4-6-8-13;1-15(2,3)19-11-13(14(17)18-4)16-10-12-8-6-5-7-9-12;17-9-11-12(18)15-14(6-7-14)13(19)16(11)8-10-4-2-1-3-5-10;1-8(2,3)12-5-6(9)7(10)11-4;;;;/h5-14,22H,15-19H2,1-4H3,(H,28,32);6-10,16H,11-14H2,1-5H3,(H,21,23);4-8,14H,9-12H2,1-3H3,(H,19,21);5-9,13,16H,10-11H2,1-4H3;1-5,11,17H,6-9H2,(H,15,18);6H,5,9H2,1-4H3;3*1H4;1H/t;;;;;6-;;;;/m.....0..../s1. The van der Waals surface area contributed by atoms with Crippen molar-refractivity contribution in [3.63, 3.8) is 0 Å². The van der Waals surface area contributed by atoms with Gasteiger partial charge in [-0.25, -0.2) is 9.59 Å². The molecule has 8 N–H and O–H groups in total. The van der Waals surface area contributed by atoms with Crippen LogP contribution >= 0.6 is 12.4 Å². The molecule has 3 spiro atoms. The Morgan fingerprint density at radius 3 is 1.13 bits per heavy atom. The molecule has 8 amide bonds. The number of hydrogen-bond donors (Lipinski definition) is 7. The number of hydrogen-bond acceptors (Lipinski definition) is 23. The quantitative estimate of drug-likeness (QED) is 0.0121. The molecule has 7 fully saturated rings. The zero-order valence-corrected chi connectivity index (χ0v) is 84.1. The lowest BCUT2D eigenvalue weighted by molar-refractivity contribution is -0.160. The number of aliphatic hydroxyl groups excluding tert-OH is 1. The molecule has 7 aliphatic rings. The van der Waals surface area contributed by atoms with Gasteiger partial charge in [-0.15, -0.1) is 12.4 Å². The number of nitrogens with zero attached hydrogens (tertiary/aromatic N) is 4. The number of alkyl carbamates (subject to hydrolysis) is 1. The van der Waals surface area contributed by atoms with Gasteiger partial charge in [0.25, 0.3) is 0 Å². The van der Waals surface area contributed by atoms with Crippen LogP contribution in [-0.2, 0) is 130 Å². The largest absolute Gasteiger partial charge is 0.468 e. The van der Waals surface area contributed by atoms with E-state index in [0.29, 0.717) is 58.5 Å². The van der Waals surface area contributed by atoms with Crippen molar-refractivity contribution in [3.05, 3.63) is 215 Å². The topological polar surface area (TPSA) is 390 Å². The van der Waals surface area contributed by atoms with Crippen LogP contribution in [0.25, 0.3) is 0 Å². The molecule has 3 aliphatic heterocycles. The summed E-state index contributed by atoms with van der Waals surface area (Å²) in [5.41, 5.74) is 6.71. The molecular weight excluding hydrogens is 1800 g/mol. The van der Waals surface area contributed by atoms with Gasteiger partial charge in [0.2, 0.25) is 41.4 Å². The highest BCUT2D eigenvalue weighted by molar-refractivity contribution is 6.74. The smallest absolute Gasteiger partial charge is 0.408 e. The molecule has 4 saturated carbocycles. The van der Waals surface area contributed by atoms with Crippen molar-refractivity contribution in [1.29, 1.82) is 0 Å². The molecule has 6 atom stereocenters. The number of methoxy groups -OCH3 is 3. The van der Waals surface area contributed by atoms with Crippen molar-refractivity contribution < 1.29 is 100 Å². The number of halogens is 1. The van der Waals surface area contributed by atoms with E-state index >= 15 is 0 Å². The van der Waals surface area contributed by atoms with E-state index in [1.807, 2.05) is 265 Å². The Labute approximate surface area is 825 Å². The predicted octanol–water partition coefficient (Wildman–Crippen LogP) is 13.6. The van der Waals surface area contributed by atoms with Crippen molar-refractivity contribution >= 4 is 86.1 Å². The second kappa shape index (κ2) is 52.7. The summed E-state index contributed by atoms with van der Waals surface area (Å²) in [7, 11) is 1.97. The second-order valence-electron chi connectivity index (χ2n) is 40.3. The summed E-state index contributed by atoms with van der Waals surface area (Å²) in [5.74, 6) is -2.18. The maximum atomic E-state index is 13.8. The van der Waals surface area contributed by atoms with E-state index in [-0.39, 0.29) is 150 Å². The zero-order chi connectivity index (χ0) is 98.8. The average molecular weight is 1960 g/mol. The van der Waals surface area contributed by atoms with E-state index in [1.165, 1.54) is 31.1 Å². The maximum absolute atomic E-state index is 13.8. The highest BCUT2D eigenvalue weighted by Gasteiger charge is 2.62. The van der Waals surface area contributed by atoms with Crippen LogP contribution in [0.3, 0.4) is 0 Å². The number of nitrogens with one attached hydrogen (secondary N) is 5. The summed E-state index contributed by atoms with van der Waals surface area (Å²) in [4.78, 5) is 144. The van der Waals surface area contributed by atoms with Gasteiger partial charge in [-0.1, -0.05) is 225 Å². The molecule has 0 aromatic heterocycles. The third-order valence-corrected chi connectivity index (χ3v) is 28.2. The third kappa shape index (κ3) is 36.6. The number of piperazine rings is 3. The van der Waals surface area contributed by atoms with Gasteiger partial charge >= 0.3 is 24.0 Å². The van der Waals surface area contributed by atoms with E-state index in [2.05, 4.69) is 65.2 Å². The minimum Gasteiger partial charge on any atom is -0.468 e. The Morgan fingerprint density at radius 1 is 0.449 bits per heavy atom. The molecule has 6 aromatic rings. The first-order valence-corrected chi connectivity index (χ1v) is 48.8. The van der Waals surface area contributed by atoms with Crippen molar-refractivity contribution in [1.82, 2.24) is 46.2 Å². The molecule has 3 saturated heterocycles. The lowest BCUT2D eigenvalue weighted by atomic mass is 10.0. The molecule has 13 rings (SSSR count). The lowest BCUT2D eigenvalue weighted by Crippen LogP contribution is -2.66. The number of amides is 8. The number of benzene rings is 6. The first kappa shape index (κ1) is 120. The number of rotatable bonds is 31. The summed E-state index contributed by atoms with van der Waals surface area (Å²) in [6, 6.07) is 53.7. The monoisotopic (exact) mass is 1960 g/mol. The van der Waals surface area contributed by atoms with Crippen molar-refractivity contribution in [2.24, 2.45) is 5.73 Å². The van der Waals surface area contributed by atoms with E-state index in [1.54, 1.807) is 9.80 Å². The fourth-order valence-corrected chi connectivity index (χ4v) is 15.1.